The van der Waals surface area contributed by atoms with Gasteiger partial charge in [-0.25, -0.2) is 9.78 Å². The van der Waals surface area contributed by atoms with E-state index in [9.17, 15) is 9.59 Å². The lowest BCUT2D eigenvalue weighted by molar-refractivity contribution is 0.0563. The number of hydrogen-bond donors (Lipinski definition) is 0. The van der Waals surface area contributed by atoms with E-state index < -0.39 is 5.97 Å². The van der Waals surface area contributed by atoms with Gasteiger partial charge < -0.3 is 9.15 Å². The highest BCUT2D eigenvalue weighted by Crippen LogP contribution is 2.27. The zero-order chi connectivity index (χ0) is 21.4. The normalized spacial score (nSPS) is 11.2. The maximum Gasteiger partial charge on any atom is 0.373 e. The third-order valence-electron chi connectivity index (χ3n) is 5.01. The summed E-state index contributed by atoms with van der Waals surface area (Å²) >= 11 is 7.51. The molecule has 0 saturated heterocycles. The van der Waals surface area contributed by atoms with Crippen molar-refractivity contribution in [3.8, 4) is 0 Å². The van der Waals surface area contributed by atoms with E-state index >= 15 is 0 Å². The first-order valence-corrected chi connectivity index (χ1v) is 10.5. The highest BCUT2D eigenvalue weighted by atomic mass is 35.5. The minimum atomic E-state index is -0.562. The molecule has 3 heterocycles. The fraction of sp³-hybridized carbons (Fsp3) is 0.227. The fourth-order valence-electron chi connectivity index (χ4n) is 3.28. The van der Waals surface area contributed by atoms with Gasteiger partial charge in [0.05, 0.1) is 19.0 Å². The average molecular weight is 443 g/mol. The topological polar surface area (TPSA) is 74.3 Å². The number of esters is 1. The molecule has 0 radical (unpaired) electrons. The van der Waals surface area contributed by atoms with Crippen molar-refractivity contribution in [2.24, 2.45) is 0 Å². The summed E-state index contributed by atoms with van der Waals surface area (Å²) in [5, 5.41) is 1.27. The Morgan fingerprint density at radius 2 is 1.93 bits per heavy atom. The van der Waals surface area contributed by atoms with Crippen LogP contribution in [0.3, 0.4) is 0 Å². The lowest BCUT2D eigenvalue weighted by Crippen LogP contribution is -2.26. The molecule has 30 heavy (non-hydrogen) atoms. The Kier molecular flexibility index (Phi) is 5.49. The van der Waals surface area contributed by atoms with E-state index in [0.717, 1.165) is 20.8 Å². The third-order valence-corrected chi connectivity index (χ3v) is 6.36. The Balaban J connectivity index is 1.82. The second-order valence-corrected chi connectivity index (χ2v) is 8.58. The molecule has 0 saturated carbocycles. The quantitative estimate of drug-likeness (QED) is 0.417. The van der Waals surface area contributed by atoms with Crippen LogP contribution in [0.15, 0.2) is 45.6 Å². The smallest absolute Gasteiger partial charge is 0.373 e. The molecule has 0 aliphatic carbocycles. The summed E-state index contributed by atoms with van der Waals surface area (Å²) in [6.45, 7) is 4.08. The standard InChI is InChI=1S/C22H19ClN2O4S/c1-12-13(2)30-20-19(12)21(26)25(11-16-8-9-17(29-16)22(27)28-3)18(24-20)10-14-4-6-15(23)7-5-14/h4-9H,10-11H2,1-3H3. The molecule has 4 rings (SSSR count). The summed E-state index contributed by atoms with van der Waals surface area (Å²) in [7, 11) is 1.29. The van der Waals surface area contributed by atoms with Crippen LogP contribution in [0.25, 0.3) is 10.2 Å². The molecule has 0 unspecified atom stereocenters. The van der Waals surface area contributed by atoms with E-state index in [2.05, 4.69) is 4.74 Å². The Morgan fingerprint density at radius 3 is 2.63 bits per heavy atom. The number of ether oxygens (including phenoxy) is 1. The van der Waals surface area contributed by atoms with Gasteiger partial charge in [-0.05, 0) is 49.2 Å². The number of rotatable bonds is 5. The van der Waals surface area contributed by atoms with E-state index in [0.29, 0.717) is 28.4 Å². The maximum atomic E-state index is 13.4. The highest BCUT2D eigenvalue weighted by molar-refractivity contribution is 7.18. The molecule has 154 valence electrons. The van der Waals surface area contributed by atoms with E-state index in [1.807, 2.05) is 38.1 Å². The number of benzene rings is 1. The number of aromatic nitrogens is 2. The van der Waals surface area contributed by atoms with Gasteiger partial charge in [-0.15, -0.1) is 11.3 Å². The van der Waals surface area contributed by atoms with Crippen LogP contribution < -0.4 is 5.56 Å². The van der Waals surface area contributed by atoms with Crippen LogP contribution in [0.5, 0.6) is 0 Å². The molecule has 0 N–H and O–H groups in total. The van der Waals surface area contributed by atoms with Crippen molar-refractivity contribution >= 4 is 39.1 Å². The van der Waals surface area contributed by atoms with Crippen LogP contribution >= 0.6 is 22.9 Å². The number of carbonyl (C=O) groups is 1. The van der Waals surface area contributed by atoms with E-state index in [1.54, 1.807) is 10.6 Å². The predicted octanol–water partition coefficient (Wildman–Crippen LogP) is 4.75. The Bertz CT molecular complexity index is 1300. The lowest BCUT2D eigenvalue weighted by atomic mass is 10.1. The average Bonchev–Trinajstić information content (AvgIpc) is 3.30. The molecule has 0 amide bonds. The minimum Gasteiger partial charge on any atom is -0.463 e. The van der Waals surface area contributed by atoms with Crippen LogP contribution in [0.1, 0.15) is 38.1 Å². The van der Waals surface area contributed by atoms with Gasteiger partial charge in [-0.1, -0.05) is 23.7 Å². The van der Waals surface area contributed by atoms with Crippen LogP contribution in [0, 0.1) is 13.8 Å². The molecule has 0 spiro atoms. The van der Waals surface area contributed by atoms with Crippen molar-refractivity contribution in [1.29, 1.82) is 0 Å². The second-order valence-electron chi connectivity index (χ2n) is 6.94. The van der Waals surface area contributed by atoms with Crippen molar-refractivity contribution in [1.82, 2.24) is 9.55 Å². The van der Waals surface area contributed by atoms with Crippen molar-refractivity contribution in [2.45, 2.75) is 26.8 Å². The molecule has 4 aromatic rings. The van der Waals surface area contributed by atoms with E-state index in [1.165, 1.54) is 24.5 Å². The van der Waals surface area contributed by atoms with Crippen molar-refractivity contribution < 1.29 is 13.9 Å². The summed E-state index contributed by atoms with van der Waals surface area (Å²) in [5.41, 5.74) is 1.80. The van der Waals surface area contributed by atoms with Crippen LogP contribution in [-0.4, -0.2) is 22.6 Å². The minimum absolute atomic E-state index is 0.0939. The molecule has 1 aromatic carbocycles. The largest absolute Gasteiger partial charge is 0.463 e. The first-order valence-electron chi connectivity index (χ1n) is 9.28. The summed E-state index contributed by atoms with van der Waals surface area (Å²) in [4.78, 5) is 31.7. The SMILES string of the molecule is COC(=O)c1ccc(Cn2c(Cc3ccc(Cl)cc3)nc3sc(C)c(C)c3c2=O)o1. The van der Waals surface area contributed by atoms with Gasteiger partial charge in [-0.2, -0.15) is 0 Å². The van der Waals surface area contributed by atoms with E-state index in [-0.39, 0.29) is 17.9 Å². The van der Waals surface area contributed by atoms with Crippen molar-refractivity contribution in [2.75, 3.05) is 7.11 Å². The van der Waals surface area contributed by atoms with E-state index in [4.69, 9.17) is 21.0 Å². The number of fused-ring (bicyclic) bond motifs is 1. The predicted molar refractivity (Wildman–Crippen MR) is 117 cm³/mol. The Morgan fingerprint density at radius 1 is 1.20 bits per heavy atom. The van der Waals surface area contributed by atoms with Gasteiger partial charge in [0.1, 0.15) is 16.4 Å². The van der Waals surface area contributed by atoms with Gasteiger partial charge in [0.25, 0.3) is 5.56 Å². The third kappa shape index (κ3) is 3.78. The Labute approximate surface area is 181 Å². The molecule has 0 bridgehead atoms. The summed E-state index contributed by atoms with van der Waals surface area (Å²) in [6.07, 6.45) is 0.461. The summed E-state index contributed by atoms with van der Waals surface area (Å²) in [6, 6.07) is 10.7. The summed E-state index contributed by atoms with van der Waals surface area (Å²) in [5.74, 6) is 0.622. The second kappa shape index (κ2) is 8.08. The number of aryl methyl sites for hydroxylation is 2. The number of nitrogens with zero attached hydrogens (tertiary/aromatic N) is 2. The zero-order valence-corrected chi connectivity index (χ0v) is 18.3. The van der Waals surface area contributed by atoms with Gasteiger partial charge in [0.15, 0.2) is 0 Å². The van der Waals surface area contributed by atoms with Gasteiger partial charge in [0, 0.05) is 16.3 Å². The fourth-order valence-corrected chi connectivity index (χ4v) is 4.45. The number of carbonyl (C=O) groups excluding carboxylic acids is 1. The van der Waals surface area contributed by atoms with Crippen LogP contribution in [0.2, 0.25) is 5.02 Å². The molecule has 0 aliphatic rings. The first-order chi connectivity index (χ1) is 14.4. The molecule has 0 atom stereocenters. The molecule has 6 nitrogen and oxygen atoms in total. The number of thiophene rings is 1. The van der Waals surface area contributed by atoms with Crippen molar-refractivity contribution in [3.05, 3.63) is 85.1 Å². The zero-order valence-electron chi connectivity index (χ0n) is 16.7. The highest BCUT2D eigenvalue weighted by Gasteiger charge is 2.19. The lowest BCUT2D eigenvalue weighted by Gasteiger charge is -2.12. The van der Waals surface area contributed by atoms with Crippen LogP contribution in [-0.2, 0) is 17.7 Å². The number of furan rings is 1. The molecule has 8 heteroatoms. The molecular formula is C22H19ClN2O4S. The molecule has 0 fully saturated rings. The number of methoxy groups -OCH3 is 1. The molecule has 3 aromatic heterocycles. The number of halogens is 1. The van der Waals surface area contributed by atoms with Gasteiger partial charge in [0.2, 0.25) is 5.76 Å². The van der Waals surface area contributed by atoms with Gasteiger partial charge in [-0.3, -0.25) is 9.36 Å². The first kappa shape index (κ1) is 20.4. The molecule has 0 aliphatic heterocycles. The number of hydrogen-bond acceptors (Lipinski definition) is 6. The van der Waals surface area contributed by atoms with Crippen LogP contribution in [0.4, 0.5) is 0 Å². The monoisotopic (exact) mass is 442 g/mol. The summed E-state index contributed by atoms with van der Waals surface area (Å²) < 4.78 is 11.9. The van der Waals surface area contributed by atoms with Crippen molar-refractivity contribution in [3.63, 3.8) is 0 Å². The molecular weight excluding hydrogens is 424 g/mol. The van der Waals surface area contributed by atoms with Gasteiger partial charge >= 0.3 is 5.97 Å². The Hall–Kier alpha value is -2.90. The maximum absolute atomic E-state index is 13.4.